The first-order valence-electron chi connectivity index (χ1n) is 14.1. The highest BCUT2D eigenvalue weighted by molar-refractivity contribution is 5.32. The maximum absolute atomic E-state index is 3.91. The summed E-state index contributed by atoms with van der Waals surface area (Å²) >= 11 is 0. The zero-order valence-corrected chi connectivity index (χ0v) is 23.2. The van der Waals surface area contributed by atoms with E-state index in [2.05, 4.69) is 77.4 Å². The van der Waals surface area contributed by atoms with E-state index in [1.54, 1.807) is 0 Å². The number of hydrogen-bond donors (Lipinski definition) is 0. The average Bonchev–Trinajstić information content (AvgIpc) is 2.89. The maximum atomic E-state index is 3.91. The van der Waals surface area contributed by atoms with Gasteiger partial charge in [-0.05, 0) is 74.6 Å². The molecule has 189 valence electrons. The van der Waals surface area contributed by atoms with Gasteiger partial charge in [-0.2, -0.15) is 0 Å². The Bertz CT molecular complexity index is 744. The Balaban J connectivity index is 0.000000262. The van der Waals surface area contributed by atoms with Crippen molar-refractivity contribution in [2.75, 3.05) is 0 Å². The monoisotopic (exact) mass is 461 g/mol. The van der Waals surface area contributed by atoms with E-state index in [-0.39, 0.29) is 0 Å². The second-order valence-corrected chi connectivity index (χ2v) is 10.0. The topological polar surface area (TPSA) is 0 Å². The van der Waals surface area contributed by atoms with Crippen LogP contribution < -0.4 is 0 Å². The Morgan fingerprint density at radius 2 is 1.29 bits per heavy atom. The molecule has 2 fully saturated rings. The zero-order valence-electron chi connectivity index (χ0n) is 23.2. The molecule has 0 nitrogen and oxygen atoms in total. The first kappa shape index (κ1) is 30.5. The van der Waals surface area contributed by atoms with Crippen LogP contribution in [0.25, 0.3) is 0 Å². The predicted octanol–water partition coefficient (Wildman–Crippen LogP) is 10.8. The minimum Gasteiger partial charge on any atom is -0.0683 e. The van der Waals surface area contributed by atoms with Gasteiger partial charge in [0.05, 0.1) is 0 Å². The third-order valence-electron chi connectivity index (χ3n) is 7.22. The van der Waals surface area contributed by atoms with Crippen molar-refractivity contribution in [3.63, 3.8) is 0 Å². The molecule has 0 saturated heterocycles. The third kappa shape index (κ3) is 12.8. The van der Waals surface area contributed by atoms with Crippen molar-refractivity contribution < 1.29 is 0 Å². The van der Waals surface area contributed by atoms with Crippen molar-refractivity contribution in [2.24, 2.45) is 11.8 Å². The molecule has 0 unspecified atom stereocenters. The van der Waals surface area contributed by atoms with Crippen LogP contribution in [0.1, 0.15) is 119 Å². The molecule has 0 heteroatoms. The van der Waals surface area contributed by atoms with Crippen molar-refractivity contribution in [1.29, 1.82) is 0 Å². The van der Waals surface area contributed by atoms with Crippen LogP contribution in [0, 0.1) is 52.9 Å². The fourth-order valence-electron chi connectivity index (χ4n) is 4.85. The van der Waals surface area contributed by atoms with Gasteiger partial charge in [-0.25, -0.2) is 0 Å². The fraction of sp³-hybridized carbons (Fsp3) is 0.559. The molecule has 0 atom stereocenters. The van der Waals surface area contributed by atoms with Gasteiger partial charge in [0.25, 0.3) is 0 Å². The molecule has 0 N–H and O–H groups in total. The van der Waals surface area contributed by atoms with E-state index in [9.17, 15) is 0 Å². The summed E-state index contributed by atoms with van der Waals surface area (Å²) in [6.07, 6.45) is 19.4. The van der Waals surface area contributed by atoms with E-state index in [1.807, 2.05) is 19.9 Å². The number of rotatable bonds is 4. The highest BCUT2D eigenvalue weighted by Crippen LogP contribution is 2.28. The van der Waals surface area contributed by atoms with E-state index >= 15 is 0 Å². The van der Waals surface area contributed by atoms with Gasteiger partial charge in [-0.15, -0.1) is 0 Å². The molecule has 34 heavy (non-hydrogen) atoms. The molecule has 2 aliphatic rings. The van der Waals surface area contributed by atoms with Crippen LogP contribution >= 0.6 is 0 Å². The van der Waals surface area contributed by atoms with E-state index in [1.165, 1.54) is 99.3 Å². The highest BCUT2D eigenvalue weighted by Gasteiger charge is 2.13. The van der Waals surface area contributed by atoms with Crippen LogP contribution in [0.15, 0.2) is 42.5 Å². The minimum atomic E-state index is 0.957. The summed E-state index contributed by atoms with van der Waals surface area (Å²) in [7, 11) is 0. The Morgan fingerprint density at radius 1 is 0.735 bits per heavy atom. The lowest BCUT2D eigenvalue weighted by molar-refractivity contribution is 0.356. The van der Waals surface area contributed by atoms with Crippen LogP contribution in [-0.4, -0.2) is 0 Å². The van der Waals surface area contributed by atoms with E-state index < -0.39 is 0 Å². The van der Waals surface area contributed by atoms with Crippen LogP contribution in [0.5, 0.6) is 0 Å². The molecule has 2 aliphatic carbocycles. The first-order valence-corrected chi connectivity index (χ1v) is 14.1. The summed E-state index contributed by atoms with van der Waals surface area (Å²) in [5.74, 6) is 1.93. The molecule has 0 bridgehead atoms. The molecule has 2 aromatic carbocycles. The summed E-state index contributed by atoms with van der Waals surface area (Å²) in [6.45, 7) is 18.1. The Labute approximate surface area is 214 Å². The van der Waals surface area contributed by atoms with Gasteiger partial charge in [0, 0.05) is 0 Å². The Morgan fingerprint density at radius 3 is 1.76 bits per heavy atom. The smallest absolute Gasteiger partial charge is 0.00876 e. The molecule has 0 heterocycles. The molecular weight excluding hydrogens is 408 g/mol. The molecule has 0 aliphatic heterocycles. The molecule has 0 amide bonds. The molecule has 4 rings (SSSR count). The van der Waals surface area contributed by atoms with Crippen molar-refractivity contribution in [1.82, 2.24) is 0 Å². The normalized spacial score (nSPS) is 16.2. The summed E-state index contributed by atoms with van der Waals surface area (Å²) in [6, 6.07) is 15.0. The molecule has 0 aromatic heterocycles. The van der Waals surface area contributed by atoms with Crippen LogP contribution in [0.2, 0.25) is 0 Å². The van der Waals surface area contributed by atoms with E-state index in [4.69, 9.17) is 0 Å². The van der Waals surface area contributed by atoms with Gasteiger partial charge < -0.3 is 0 Å². The molecule has 2 saturated carbocycles. The average molecular weight is 462 g/mol. The molecular formula is C34H53. The lowest BCUT2D eigenvalue weighted by Crippen LogP contribution is -2.06. The number of benzene rings is 2. The molecule has 2 aromatic rings. The second-order valence-electron chi connectivity index (χ2n) is 10.0. The van der Waals surface area contributed by atoms with Gasteiger partial charge in [0.1, 0.15) is 0 Å². The van der Waals surface area contributed by atoms with Crippen molar-refractivity contribution in [2.45, 2.75) is 112 Å². The van der Waals surface area contributed by atoms with Crippen LogP contribution in [-0.2, 0) is 0 Å². The summed E-state index contributed by atoms with van der Waals surface area (Å²) < 4.78 is 0. The van der Waals surface area contributed by atoms with E-state index in [0.717, 1.165) is 17.4 Å². The summed E-state index contributed by atoms with van der Waals surface area (Å²) in [5.41, 5.74) is 6.55. The first-order chi connectivity index (χ1) is 16.5. The quantitative estimate of drug-likeness (QED) is 0.424. The molecule has 0 spiro atoms. The predicted molar refractivity (Wildman–Crippen MR) is 154 cm³/mol. The lowest BCUT2D eigenvalue weighted by Gasteiger charge is -2.21. The van der Waals surface area contributed by atoms with Crippen molar-refractivity contribution >= 4 is 0 Å². The second kappa shape index (κ2) is 18.7. The van der Waals surface area contributed by atoms with Gasteiger partial charge in [0.2, 0.25) is 0 Å². The van der Waals surface area contributed by atoms with E-state index in [0.29, 0.717) is 0 Å². The summed E-state index contributed by atoms with van der Waals surface area (Å²) in [5, 5.41) is 0. The van der Waals surface area contributed by atoms with Crippen molar-refractivity contribution in [3.05, 3.63) is 90.6 Å². The minimum absolute atomic E-state index is 0.957. The van der Waals surface area contributed by atoms with Gasteiger partial charge in [-0.3, -0.25) is 0 Å². The Hall–Kier alpha value is -1.56. The third-order valence-corrected chi connectivity index (χ3v) is 7.22. The molecule has 3 radical (unpaired) electrons. The van der Waals surface area contributed by atoms with Crippen LogP contribution in [0.4, 0.5) is 0 Å². The highest BCUT2D eigenvalue weighted by atomic mass is 14.2. The lowest BCUT2D eigenvalue weighted by atomic mass is 9.85. The number of hydrogen-bond acceptors (Lipinski definition) is 0. The zero-order chi connectivity index (χ0) is 25.2. The van der Waals surface area contributed by atoms with Gasteiger partial charge in [0.15, 0.2) is 0 Å². The van der Waals surface area contributed by atoms with Crippen LogP contribution in [0.3, 0.4) is 0 Å². The SMILES string of the molecule is CC.Cc1ccccc1[CH]CC1CCCCC1.[CH2]CC1CCCCC1.[CH2]c1ccc(C)cc1C. The van der Waals surface area contributed by atoms with Crippen molar-refractivity contribution in [3.8, 4) is 0 Å². The standard InChI is InChI=1S/C15H21.C9H11.C8H15.C2H6/c1-13-7-5-6-10-15(13)12-11-14-8-3-2-4-9-14;1-7-4-5-8(2)9(3)6-7;1-2-8-6-4-3-5-7-8;1-2/h5-7,10,12,14H,2-4,8-9,11H2,1H3;4-6H,2H2,1,3H3;8H,1-7H2;1-2H3. The fourth-order valence-corrected chi connectivity index (χ4v) is 4.85. The summed E-state index contributed by atoms with van der Waals surface area (Å²) in [4.78, 5) is 0. The number of aryl methyl sites for hydroxylation is 3. The Kier molecular flexibility index (Phi) is 16.8. The largest absolute Gasteiger partial charge is 0.0683 e. The van der Waals surface area contributed by atoms with Gasteiger partial charge >= 0.3 is 0 Å². The maximum Gasteiger partial charge on any atom is -0.00876 e. The van der Waals surface area contributed by atoms with Gasteiger partial charge in [-0.1, -0.05) is 139 Å².